The van der Waals surface area contributed by atoms with E-state index in [9.17, 15) is 4.79 Å². The van der Waals surface area contributed by atoms with E-state index in [1.54, 1.807) is 5.92 Å². The Hall–Kier alpha value is -2.02. The lowest BCUT2D eigenvalue weighted by Crippen LogP contribution is -2.04. The third-order valence-electron chi connectivity index (χ3n) is 0.770. The molecule has 1 aliphatic heterocycles. The van der Waals surface area contributed by atoms with Gasteiger partial charge in [0.05, 0.1) is 19.8 Å². The Morgan fingerprint density at radius 1 is 1.29 bits per heavy atom. The van der Waals surface area contributed by atoms with E-state index in [2.05, 4.69) is 22.3 Å². The third-order valence-corrected chi connectivity index (χ3v) is 0.770. The molecule has 1 saturated heterocycles. The summed E-state index contributed by atoms with van der Waals surface area (Å²) in [7, 11) is 0. The number of carbonyl (C=O) groups excluding carboxylic acids is 1. The fourth-order valence-electron chi connectivity index (χ4n) is 0.180. The predicted octanol–water partition coefficient (Wildman–Crippen LogP) is -0.488. The van der Waals surface area contributed by atoms with E-state index in [0.717, 1.165) is 13.2 Å². The average molecular weight is 244 g/mol. The minimum Gasteiger partial charge on any atom is -0.472 e. The summed E-state index contributed by atoms with van der Waals surface area (Å²) < 4.78 is 8.72. The molecule has 0 aromatic rings. The van der Waals surface area contributed by atoms with Crippen molar-refractivity contribution in [1.29, 1.82) is 0 Å². The molecule has 6 nitrogen and oxygen atoms in total. The van der Waals surface area contributed by atoms with Crippen molar-refractivity contribution in [2.45, 2.75) is 7.43 Å². The van der Waals surface area contributed by atoms with Crippen molar-refractivity contribution in [2.75, 3.05) is 26.4 Å². The smallest absolute Gasteiger partial charge is 0.384 e. The number of aliphatic hydroxyl groups excluding tert-OH is 1. The van der Waals surface area contributed by atoms with Crippen molar-refractivity contribution < 1.29 is 29.3 Å². The second-order valence-electron chi connectivity index (χ2n) is 2.07. The second-order valence-corrected chi connectivity index (χ2v) is 2.07. The maximum Gasteiger partial charge on any atom is 0.384 e. The van der Waals surface area contributed by atoms with Gasteiger partial charge in [0.25, 0.3) is 0 Å². The Labute approximate surface area is 101 Å². The molecule has 0 aromatic carbocycles. The molecule has 0 spiro atoms. The van der Waals surface area contributed by atoms with Gasteiger partial charge >= 0.3 is 11.9 Å². The van der Waals surface area contributed by atoms with Gasteiger partial charge in [0.2, 0.25) is 0 Å². The molecule has 17 heavy (non-hydrogen) atoms. The number of ether oxygens (including phenoxy) is 2. The monoisotopic (exact) mass is 244 g/mol. The Morgan fingerprint density at radius 2 is 1.71 bits per heavy atom. The first kappa shape index (κ1) is 20.4. The van der Waals surface area contributed by atoms with Gasteiger partial charge < -0.3 is 19.7 Å². The molecule has 6 heteroatoms. The maximum absolute atomic E-state index is 10.0. The largest absolute Gasteiger partial charge is 0.472 e. The molecule has 0 radical (unpaired) electrons. The van der Waals surface area contributed by atoms with Gasteiger partial charge in [0, 0.05) is 11.8 Å². The van der Waals surface area contributed by atoms with Crippen LogP contribution in [0, 0.1) is 24.7 Å². The van der Waals surface area contributed by atoms with E-state index >= 15 is 0 Å². The topological polar surface area (TPSA) is 96.4 Å². The molecule has 0 aliphatic carbocycles. The Balaban J connectivity index is -0.000000186. The molecule has 1 fully saturated rings. The standard InChI is InChI=1S/C5H6O3.C3H2O2.C2H4O.CH4/c1-2-5(7)8-4-3-6;1-2-3(4)5;1-2-3-1;/h1,6H,3-4H2;1H,(H,4,5);1-2H2;1H4. The third kappa shape index (κ3) is 41.2. The molecule has 1 heterocycles. The maximum atomic E-state index is 10.0. The van der Waals surface area contributed by atoms with Crippen LogP contribution >= 0.6 is 0 Å². The van der Waals surface area contributed by atoms with Crippen LogP contribution in [0.3, 0.4) is 0 Å². The quantitative estimate of drug-likeness (QED) is 0.294. The highest BCUT2D eigenvalue weighted by Gasteiger charge is 1.94. The number of rotatable bonds is 2. The highest BCUT2D eigenvalue weighted by molar-refractivity contribution is 5.87. The van der Waals surface area contributed by atoms with Crippen LogP contribution in [-0.4, -0.2) is 48.6 Å². The first-order valence-corrected chi connectivity index (χ1v) is 4.10. The molecular formula is C11H16O6. The lowest BCUT2D eigenvalue weighted by atomic mass is 10.7. The lowest BCUT2D eigenvalue weighted by molar-refractivity contribution is -0.137. The minimum atomic E-state index is -1.22. The van der Waals surface area contributed by atoms with E-state index in [4.69, 9.17) is 15.0 Å². The van der Waals surface area contributed by atoms with E-state index < -0.39 is 11.9 Å². The van der Waals surface area contributed by atoms with Gasteiger partial charge in [0.15, 0.2) is 0 Å². The first-order valence-electron chi connectivity index (χ1n) is 4.10. The Bertz CT molecular complexity index is 279. The van der Waals surface area contributed by atoms with Crippen LogP contribution in [0.2, 0.25) is 0 Å². The SMILES string of the molecule is C.C#CC(=O)O.C#CC(=O)OCCO.C1CO1. The van der Waals surface area contributed by atoms with Crippen molar-refractivity contribution in [2.24, 2.45) is 0 Å². The summed E-state index contributed by atoms with van der Waals surface area (Å²) in [5.74, 6) is 1.22. The molecular weight excluding hydrogens is 228 g/mol. The number of carboxylic acids is 1. The highest BCUT2D eigenvalue weighted by atomic mass is 16.6. The molecule has 0 aromatic heterocycles. The average Bonchev–Trinajstić information content (AvgIpc) is 3.14. The fraction of sp³-hybridized carbons (Fsp3) is 0.455. The van der Waals surface area contributed by atoms with E-state index in [0.29, 0.717) is 0 Å². The zero-order chi connectivity index (χ0) is 12.8. The first-order chi connectivity index (χ1) is 7.58. The van der Waals surface area contributed by atoms with Crippen LogP contribution in [0.25, 0.3) is 0 Å². The molecule has 0 saturated carbocycles. The van der Waals surface area contributed by atoms with Crippen LogP contribution in [-0.2, 0) is 19.1 Å². The zero-order valence-electron chi connectivity index (χ0n) is 8.51. The molecule has 0 unspecified atom stereocenters. The molecule has 0 atom stereocenters. The van der Waals surface area contributed by atoms with Crippen molar-refractivity contribution in [1.82, 2.24) is 0 Å². The van der Waals surface area contributed by atoms with E-state index in [1.165, 1.54) is 5.92 Å². The van der Waals surface area contributed by atoms with Crippen molar-refractivity contribution in [3.8, 4) is 24.7 Å². The number of carboxylic acid groups (broad SMARTS) is 1. The van der Waals surface area contributed by atoms with Gasteiger partial charge in [-0.25, -0.2) is 9.59 Å². The van der Waals surface area contributed by atoms with Crippen LogP contribution in [0.5, 0.6) is 0 Å². The molecule has 1 aliphatic rings. The zero-order valence-corrected chi connectivity index (χ0v) is 8.51. The number of hydrogen-bond donors (Lipinski definition) is 2. The van der Waals surface area contributed by atoms with Crippen LogP contribution in [0.4, 0.5) is 0 Å². The summed E-state index contributed by atoms with van der Waals surface area (Å²) in [6.07, 6.45) is 8.93. The molecule has 2 N–H and O–H groups in total. The number of epoxide rings is 1. The number of aliphatic hydroxyl groups is 1. The molecule has 0 bridgehead atoms. The van der Waals surface area contributed by atoms with Gasteiger partial charge in [-0.2, -0.15) is 0 Å². The number of carbonyl (C=O) groups is 2. The fourth-order valence-corrected chi connectivity index (χ4v) is 0.180. The summed E-state index contributed by atoms with van der Waals surface area (Å²) in [4.78, 5) is 19.1. The summed E-state index contributed by atoms with van der Waals surface area (Å²) in [5.41, 5.74) is 0. The normalized spacial score (nSPS) is 9.35. The van der Waals surface area contributed by atoms with E-state index in [1.807, 2.05) is 0 Å². The van der Waals surface area contributed by atoms with Crippen LogP contribution < -0.4 is 0 Å². The van der Waals surface area contributed by atoms with Gasteiger partial charge in [-0.05, 0) is 0 Å². The van der Waals surface area contributed by atoms with Crippen LogP contribution in [0.1, 0.15) is 7.43 Å². The van der Waals surface area contributed by atoms with E-state index in [-0.39, 0.29) is 20.6 Å². The molecule has 0 amide bonds. The summed E-state index contributed by atoms with van der Waals surface area (Å²) >= 11 is 0. The Morgan fingerprint density at radius 3 is 1.88 bits per heavy atom. The van der Waals surface area contributed by atoms with Gasteiger partial charge in [-0.15, -0.1) is 12.8 Å². The number of terminal acetylenes is 2. The molecule has 96 valence electrons. The highest BCUT2D eigenvalue weighted by Crippen LogP contribution is 1.84. The summed E-state index contributed by atoms with van der Waals surface area (Å²) in [6.45, 7) is 1.79. The number of esters is 1. The Kier molecular flexibility index (Phi) is 19.7. The number of hydrogen-bond acceptors (Lipinski definition) is 5. The lowest BCUT2D eigenvalue weighted by Gasteiger charge is -1.92. The predicted molar refractivity (Wildman–Crippen MR) is 60.9 cm³/mol. The summed E-state index contributed by atoms with van der Waals surface area (Å²) in [5, 5.41) is 15.6. The van der Waals surface area contributed by atoms with Crippen molar-refractivity contribution in [3.63, 3.8) is 0 Å². The second kappa shape index (κ2) is 16.4. The van der Waals surface area contributed by atoms with Gasteiger partial charge in [-0.3, -0.25) is 0 Å². The van der Waals surface area contributed by atoms with Gasteiger partial charge in [-0.1, -0.05) is 7.43 Å². The van der Waals surface area contributed by atoms with Crippen molar-refractivity contribution >= 4 is 11.9 Å². The van der Waals surface area contributed by atoms with Crippen LogP contribution in [0.15, 0.2) is 0 Å². The minimum absolute atomic E-state index is 0. The summed E-state index contributed by atoms with van der Waals surface area (Å²) in [6, 6.07) is 0. The van der Waals surface area contributed by atoms with Gasteiger partial charge in [0.1, 0.15) is 6.61 Å². The number of aliphatic carboxylic acids is 1. The van der Waals surface area contributed by atoms with Crippen molar-refractivity contribution in [3.05, 3.63) is 0 Å². The molecule has 1 rings (SSSR count).